The van der Waals surface area contributed by atoms with Gasteiger partial charge in [0, 0.05) is 0 Å². The number of carbonyl (C=O) groups is 2. The first-order valence-corrected chi connectivity index (χ1v) is 5.16. The Morgan fingerprint density at radius 3 is 2.44 bits per heavy atom. The number of esters is 2. The predicted molar refractivity (Wildman–Crippen MR) is 68.1 cm³/mol. The van der Waals surface area contributed by atoms with Gasteiger partial charge >= 0.3 is 11.9 Å². The highest BCUT2D eigenvalue weighted by molar-refractivity contribution is 5.85. The van der Waals surface area contributed by atoms with Crippen LogP contribution in [-0.2, 0) is 25.7 Å². The van der Waals surface area contributed by atoms with E-state index in [1.807, 2.05) is 30.3 Å². The number of hydrogen-bond acceptors (Lipinski definition) is 5. The fourth-order valence-corrected chi connectivity index (χ4v) is 1.18. The van der Waals surface area contributed by atoms with Crippen molar-refractivity contribution < 1.29 is 19.1 Å². The summed E-state index contributed by atoms with van der Waals surface area (Å²) in [6.45, 7) is 0.147. The first-order valence-electron chi connectivity index (χ1n) is 5.16. The zero-order valence-corrected chi connectivity index (χ0v) is 10.8. The minimum absolute atomic E-state index is 0. The number of ether oxygens (including phenoxy) is 2. The molecule has 2 N–H and O–H groups in total. The zero-order chi connectivity index (χ0) is 12.7. The van der Waals surface area contributed by atoms with Crippen LogP contribution in [0.4, 0.5) is 0 Å². The SMILES string of the molecule is COC(=O)C[C@H](N)C(=O)OCc1ccccc1.Cl. The monoisotopic (exact) mass is 273 g/mol. The highest BCUT2D eigenvalue weighted by Crippen LogP contribution is 2.02. The van der Waals surface area contributed by atoms with Crippen LogP contribution in [0.3, 0.4) is 0 Å². The van der Waals surface area contributed by atoms with Crippen molar-refractivity contribution in [2.24, 2.45) is 5.73 Å². The van der Waals surface area contributed by atoms with Gasteiger partial charge < -0.3 is 15.2 Å². The molecule has 1 aromatic rings. The Balaban J connectivity index is 0.00000289. The Bertz CT molecular complexity index is 383. The van der Waals surface area contributed by atoms with Gasteiger partial charge in [0.15, 0.2) is 0 Å². The number of carbonyl (C=O) groups excluding carboxylic acids is 2. The summed E-state index contributed by atoms with van der Waals surface area (Å²) in [6.07, 6.45) is -0.176. The van der Waals surface area contributed by atoms with Crippen LogP contribution < -0.4 is 5.73 Å². The molecule has 0 heterocycles. The van der Waals surface area contributed by atoms with Gasteiger partial charge in [-0.05, 0) is 5.56 Å². The number of halogens is 1. The molecule has 1 rings (SSSR count). The lowest BCUT2D eigenvalue weighted by molar-refractivity contribution is -0.151. The average molecular weight is 274 g/mol. The summed E-state index contributed by atoms with van der Waals surface area (Å²) in [5.41, 5.74) is 6.35. The number of hydrogen-bond donors (Lipinski definition) is 1. The fraction of sp³-hybridized carbons (Fsp3) is 0.333. The summed E-state index contributed by atoms with van der Waals surface area (Å²) in [7, 11) is 1.24. The number of nitrogens with two attached hydrogens (primary N) is 1. The van der Waals surface area contributed by atoms with Gasteiger partial charge in [0.25, 0.3) is 0 Å². The number of benzene rings is 1. The van der Waals surface area contributed by atoms with Crippen LogP contribution in [0.15, 0.2) is 30.3 Å². The molecule has 0 amide bonds. The molecule has 0 radical (unpaired) electrons. The maximum Gasteiger partial charge on any atom is 0.323 e. The third-order valence-corrected chi connectivity index (χ3v) is 2.14. The maximum atomic E-state index is 11.4. The minimum atomic E-state index is -0.980. The first-order chi connectivity index (χ1) is 8.13. The molecule has 0 unspecified atom stereocenters. The minimum Gasteiger partial charge on any atom is -0.469 e. The van der Waals surface area contributed by atoms with Gasteiger partial charge in [-0.3, -0.25) is 9.59 Å². The van der Waals surface area contributed by atoms with Crippen LogP contribution in [-0.4, -0.2) is 25.1 Å². The second-order valence-corrected chi connectivity index (χ2v) is 3.48. The molecule has 0 spiro atoms. The Morgan fingerprint density at radius 1 is 1.28 bits per heavy atom. The lowest BCUT2D eigenvalue weighted by Gasteiger charge is -2.10. The Hall–Kier alpha value is -1.59. The topological polar surface area (TPSA) is 78.6 Å². The standard InChI is InChI=1S/C12H15NO4.ClH/c1-16-11(14)7-10(13)12(15)17-8-9-5-3-2-4-6-9;/h2-6,10H,7-8,13H2,1H3;1H/t10-;/m0./s1. The first kappa shape index (κ1) is 16.4. The van der Waals surface area contributed by atoms with Crippen molar-refractivity contribution in [3.63, 3.8) is 0 Å². The van der Waals surface area contributed by atoms with E-state index in [1.54, 1.807) is 0 Å². The molecule has 0 bridgehead atoms. The fourth-order valence-electron chi connectivity index (χ4n) is 1.18. The van der Waals surface area contributed by atoms with Gasteiger partial charge in [-0.2, -0.15) is 0 Å². The molecule has 0 saturated heterocycles. The highest BCUT2D eigenvalue weighted by atomic mass is 35.5. The smallest absolute Gasteiger partial charge is 0.323 e. The van der Waals surface area contributed by atoms with Crippen molar-refractivity contribution in [3.05, 3.63) is 35.9 Å². The largest absolute Gasteiger partial charge is 0.469 e. The summed E-state index contributed by atoms with van der Waals surface area (Å²) >= 11 is 0. The molecule has 0 aliphatic heterocycles. The molecule has 0 saturated carbocycles. The molecular weight excluding hydrogens is 258 g/mol. The van der Waals surface area contributed by atoms with Gasteiger partial charge in [0.1, 0.15) is 12.6 Å². The molecule has 0 aliphatic carbocycles. The van der Waals surface area contributed by atoms with Crippen LogP contribution in [0.2, 0.25) is 0 Å². The van der Waals surface area contributed by atoms with E-state index >= 15 is 0 Å². The van der Waals surface area contributed by atoms with Crippen LogP contribution >= 0.6 is 12.4 Å². The van der Waals surface area contributed by atoms with Crippen molar-refractivity contribution in [2.75, 3.05) is 7.11 Å². The third kappa shape index (κ3) is 5.65. The van der Waals surface area contributed by atoms with Gasteiger partial charge in [-0.1, -0.05) is 30.3 Å². The average Bonchev–Trinajstić information content (AvgIpc) is 2.36. The van der Waals surface area contributed by atoms with Crippen molar-refractivity contribution >= 4 is 24.3 Å². The summed E-state index contributed by atoms with van der Waals surface area (Å²) in [5.74, 6) is -1.14. The quantitative estimate of drug-likeness (QED) is 0.811. The Kier molecular flexibility index (Phi) is 7.74. The molecule has 1 atom stereocenters. The van der Waals surface area contributed by atoms with Gasteiger partial charge in [0.2, 0.25) is 0 Å². The maximum absolute atomic E-state index is 11.4. The summed E-state index contributed by atoms with van der Waals surface area (Å²) in [4.78, 5) is 22.3. The predicted octanol–water partition coefficient (Wildman–Crippen LogP) is 1.04. The zero-order valence-electron chi connectivity index (χ0n) is 10.00. The van der Waals surface area contributed by atoms with Gasteiger partial charge in [-0.25, -0.2) is 0 Å². The molecule has 1 aromatic carbocycles. The van der Waals surface area contributed by atoms with Crippen molar-refractivity contribution in [2.45, 2.75) is 19.1 Å². The van der Waals surface area contributed by atoms with Crippen LogP contribution in [0.25, 0.3) is 0 Å². The van der Waals surface area contributed by atoms with E-state index in [0.29, 0.717) is 0 Å². The molecule has 0 fully saturated rings. The molecular formula is C12H16ClNO4. The molecule has 5 nitrogen and oxygen atoms in total. The molecule has 0 aliphatic rings. The third-order valence-electron chi connectivity index (χ3n) is 2.14. The van der Waals surface area contributed by atoms with E-state index < -0.39 is 18.0 Å². The second kappa shape index (κ2) is 8.49. The van der Waals surface area contributed by atoms with Crippen LogP contribution in [0.1, 0.15) is 12.0 Å². The van der Waals surface area contributed by atoms with E-state index in [1.165, 1.54) is 7.11 Å². The number of rotatable bonds is 5. The van der Waals surface area contributed by atoms with Crippen molar-refractivity contribution in [1.29, 1.82) is 0 Å². The summed E-state index contributed by atoms with van der Waals surface area (Å²) in [5, 5.41) is 0. The highest BCUT2D eigenvalue weighted by Gasteiger charge is 2.19. The normalized spacial score (nSPS) is 11.0. The van der Waals surface area contributed by atoms with E-state index in [0.717, 1.165) is 5.56 Å². The van der Waals surface area contributed by atoms with Gasteiger partial charge in [0.05, 0.1) is 13.5 Å². The molecule has 18 heavy (non-hydrogen) atoms. The number of methoxy groups -OCH3 is 1. The van der Waals surface area contributed by atoms with Gasteiger partial charge in [-0.15, -0.1) is 12.4 Å². The summed E-state index contributed by atoms with van der Waals surface area (Å²) in [6, 6.07) is 8.24. The van der Waals surface area contributed by atoms with E-state index in [2.05, 4.69) is 4.74 Å². The molecule has 0 aromatic heterocycles. The Morgan fingerprint density at radius 2 is 1.89 bits per heavy atom. The Labute approximate surface area is 112 Å². The van der Waals surface area contributed by atoms with E-state index in [4.69, 9.17) is 10.5 Å². The molecule has 6 heteroatoms. The lowest BCUT2D eigenvalue weighted by atomic mass is 10.2. The van der Waals surface area contributed by atoms with Crippen LogP contribution in [0, 0.1) is 0 Å². The van der Waals surface area contributed by atoms with Crippen molar-refractivity contribution in [1.82, 2.24) is 0 Å². The van der Waals surface area contributed by atoms with Crippen LogP contribution in [0.5, 0.6) is 0 Å². The van der Waals surface area contributed by atoms with E-state index in [9.17, 15) is 9.59 Å². The molecule has 100 valence electrons. The van der Waals surface area contributed by atoms with E-state index in [-0.39, 0.29) is 25.4 Å². The second-order valence-electron chi connectivity index (χ2n) is 3.48. The summed E-state index contributed by atoms with van der Waals surface area (Å²) < 4.78 is 9.37. The van der Waals surface area contributed by atoms with Crippen molar-refractivity contribution in [3.8, 4) is 0 Å². The lowest BCUT2D eigenvalue weighted by Crippen LogP contribution is -2.34.